The van der Waals surface area contributed by atoms with Gasteiger partial charge in [0.15, 0.2) is 0 Å². The minimum atomic E-state index is 0.481. The monoisotopic (exact) mass is 305 g/mol. The molecule has 0 radical (unpaired) electrons. The zero-order valence-corrected chi connectivity index (χ0v) is 14.4. The Hall–Kier alpha value is -2.07. The maximum Gasteiger partial charge on any atom is 0.0669 e. The van der Waals surface area contributed by atoms with Gasteiger partial charge in [-0.3, -0.25) is 0 Å². The van der Waals surface area contributed by atoms with Crippen molar-refractivity contribution >= 4 is 0 Å². The molecule has 2 aromatic rings. The molecule has 1 nitrogen and oxygen atoms in total. The molecule has 2 rings (SSSR count). The number of hydrogen-bond acceptors (Lipinski definition) is 1. The van der Waals surface area contributed by atoms with Gasteiger partial charge in [0, 0.05) is 0 Å². The van der Waals surface area contributed by atoms with Gasteiger partial charge >= 0.3 is 0 Å². The lowest BCUT2D eigenvalue weighted by Crippen LogP contribution is -1.99. The summed E-state index contributed by atoms with van der Waals surface area (Å²) in [6.45, 7) is 4.62. The normalized spacial score (nSPS) is 11.9. The Morgan fingerprint density at radius 1 is 0.870 bits per heavy atom. The Kier molecular flexibility index (Phi) is 6.88. The predicted molar refractivity (Wildman–Crippen MR) is 98.2 cm³/mol. The number of benzene rings is 2. The van der Waals surface area contributed by atoms with Crippen molar-refractivity contribution in [3.05, 3.63) is 59.7 Å². The van der Waals surface area contributed by atoms with Crippen LogP contribution in [0.15, 0.2) is 48.5 Å². The third kappa shape index (κ3) is 5.57. The fourth-order valence-corrected chi connectivity index (χ4v) is 2.99. The molecule has 0 heterocycles. The number of rotatable bonds is 8. The van der Waals surface area contributed by atoms with E-state index < -0.39 is 0 Å². The summed E-state index contributed by atoms with van der Waals surface area (Å²) < 4.78 is 0. The molecule has 0 saturated carbocycles. The van der Waals surface area contributed by atoms with E-state index in [1.165, 1.54) is 48.8 Å². The molecule has 2 aromatic carbocycles. The van der Waals surface area contributed by atoms with E-state index in [2.05, 4.69) is 56.3 Å². The highest BCUT2D eigenvalue weighted by Crippen LogP contribution is 2.22. The standard InChI is InChI=1S/C22H27N/c1-3-4-5-6-18(2)17-20-9-13-22(14-10-20)21-11-7-19(8-12-21)15-16-23/h7-14,18H,3-6,15,17H2,1-2H3. The van der Waals surface area contributed by atoms with Crippen LogP contribution in [0.1, 0.15) is 50.7 Å². The molecule has 0 amide bonds. The topological polar surface area (TPSA) is 23.8 Å². The second-order valence-electron chi connectivity index (χ2n) is 6.53. The third-order valence-corrected chi connectivity index (χ3v) is 4.41. The SMILES string of the molecule is CCCCCC(C)Cc1ccc(-c2ccc(CC#N)cc2)cc1. The molecular weight excluding hydrogens is 278 g/mol. The molecule has 0 aliphatic carbocycles. The first-order valence-corrected chi connectivity index (χ1v) is 8.78. The molecule has 0 aliphatic rings. The first kappa shape index (κ1) is 17.3. The largest absolute Gasteiger partial charge is 0.198 e. The van der Waals surface area contributed by atoms with E-state index in [1.807, 2.05) is 12.1 Å². The van der Waals surface area contributed by atoms with Crippen LogP contribution in [0, 0.1) is 17.2 Å². The minimum absolute atomic E-state index is 0.481. The summed E-state index contributed by atoms with van der Waals surface area (Å²) in [6.07, 6.45) is 6.99. The van der Waals surface area contributed by atoms with Gasteiger partial charge in [-0.1, -0.05) is 88.1 Å². The summed E-state index contributed by atoms with van der Waals surface area (Å²) in [4.78, 5) is 0. The Labute approximate surface area is 141 Å². The summed E-state index contributed by atoms with van der Waals surface area (Å²) in [5.74, 6) is 0.762. The highest BCUT2D eigenvalue weighted by atomic mass is 14.2. The quantitative estimate of drug-likeness (QED) is 0.534. The van der Waals surface area contributed by atoms with Crippen LogP contribution in [0.5, 0.6) is 0 Å². The van der Waals surface area contributed by atoms with Crippen molar-refractivity contribution in [3.8, 4) is 17.2 Å². The van der Waals surface area contributed by atoms with E-state index in [4.69, 9.17) is 5.26 Å². The van der Waals surface area contributed by atoms with Gasteiger partial charge in [0.1, 0.15) is 0 Å². The lowest BCUT2D eigenvalue weighted by atomic mass is 9.94. The minimum Gasteiger partial charge on any atom is -0.198 e. The van der Waals surface area contributed by atoms with Gasteiger partial charge in [0.2, 0.25) is 0 Å². The van der Waals surface area contributed by atoms with Crippen molar-refractivity contribution in [2.45, 2.75) is 52.4 Å². The average molecular weight is 305 g/mol. The van der Waals surface area contributed by atoms with Gasteiger partial charge in [-0.05, 0) is 34.6 Å². The predicted octanol–water partition coefficient (Wildman–Crippen LogP) is 6.18. The Morgan fingerprint density at radius 2 is 1.43 bits per heavy atom. The van der Waals surface area contributed by atoms with Crippen molar-refractivity contribution in [1.29, 1.82) is 5.26 Å². The lowest BCUT2D eigenvalue weighted by molar-refractivity contribution is 0.493. The molecule has 1 atom stereocenters. The Balaban J connectivity index is 1.95. The van der Waals surface area contributed by atoms with Gasteiger partial charge in [0.05, 0.1) is 12.5 Å². The van der Waals surface area contributed by atoms with E-state index in [1.54, 1.807) is 0 Å². The van der Waals surface area contributed by atoms with Crippen LogP contribution >= 0.6 is 0 Å². The van der Waals surface area contributed by atoms with E-state index in [9.17, 15) is 0 Å². The fourth-order valence-electron chi connectivity index (χ4n) is 2.99. The van der Waals surface area contributed by atoms with Crippen LogP contribution in [0.4, 0.5) is 0 Å². The van der Waals surface area contributed by atoms with Crippen molar-refractivity contribution in [3.63, 3.8) is 0 Å². The fraction of sp³-hybridized carbons (Fsp3) is 0.409. The molecule has 0 N–H and O–H groups in total. The van der Waals surface area contributed by atoms with Crippen LogP contribution in [0.3, 0.4) is 0 Å². The van der Waals surface area contributed by atoms with Crippen molar-refractivity contribution < 1.29 is 0 Å². The van der Waals surface area contributed by atoms with E-state index in [0.717, 1.165) is 11.5 Å². The highest BCUT2D eigenvalue weighted by molar-refractivity contribution is 5.64. The molecule has 0 bridgehead atoms. The summed E-state index contributed by atoms with van der Waals surface area (Å²) >= 11 is 0. The van der Waals surface area contributed by atoms with Gasteiger partial charge in [-0.25, -0.2) is 0 Å². The summed E-state index contributed by atoms with van der Waals surface area (Å²) in [5, 5.41) is 8.73. The Bertz CT molecular complexity index is 617. The van der Waals surface area contributed by atoms with Crippen molar-refractivity contribution in [2.24, 2.45) is 5.92 Å². The van der Waals surface area contributed by atoms with Crippen LogP contribution in [-0.2, 0) is 12.8 Å². The summed E-state index contributed by atoms with van der Waals surface area (Å²) in [5.41, 5.74) is 4.97. The smallest absolute Gasteiger partial charge is 0.0669 e. The molecule has 1 heteroatoms. The molecule has 23 heavy (non-hydrogen) atoms. The zero-order chi connectivity index (χ0) is 16.5. The molecule has 120 valence electrons. The zero-order valence-electron chi connectivity index (χ0n) is 14.4. The second kappa shape index (κ2) is 9.16. The van der Waals surface area contributed by atoms with Crippen LogP contribution in [0.25, 0.3) is 11.1 Å². The molecule has 0 saturated heterocycles. The Morgan fingerprint density at radius 3 is 1.96 bits per heavy atom. The van der Waals surface area contributed by atoms with Crippen molar-refractivity contribution in [1.82, 2.24) is 0 Å². The van der Waals surface area contributed by atoms with Crippen LogP contribution < -0.4 is 0 Å². The second-order valence-corrected chi connectivity index (χ2v) is 6.53. The lowest BCUT2D eigenvalue weighted by Gasteiger charge is -2.11. The van der Waals surface area contributed by atoms with Gasteiger partial charge in [0.25, 0.3) is 0 Å². The third-order valence-electron chi connectivity index (χ3n) is 4.41. The van der Waals surface area contributed by atoms with Gasteiger partial charge < -0.3 is 0 Å². The highest BCUT2D eigenvalue weighted by Gasteiger charge is 2.04. The molecule has 1 unspecified atom stereocenters. The van der Waals surface area contributed by atoms with E-state index in [0.29, 0.717) is 6.42 Å². The molecule has 0 fully saturated rings. The maximum absolute atomic E-state index is 8.73. The van der Waals surface area contributed by atoms with Gasteiger partial charge in [-0.15, -0.1) is 0 Å². The maximum atomic E-state index is 8.73. The summed E-state index contributed by atoms with van der Waals surface area (Å²) in [6, 6.07) is 19.4. The van der Waals surface area contributed by atoms with Crippen molar-refractivity contribution in [2.75, 3.05) is 0 Å². The molecular formula is C22H27N. The summed E-state index contributed by atoms with van der Waals surface area (Å²) in [7, 11) is 0. The van der Waals surface area contributed by atoms with E-state index in [-0.39, 0.29) is 0 Å². The first-order chi connectivity index (χ1) is 11.2. The first-order valence-electron chi connectivity index (χ1n) is 8.78. The molecule has 0 aromatic heterocycles. The number of unbranched alkanes of at least 4 members (excludes halogenated alkanes) is 2. The van der Waals surface area contributed by atoms with Gasteiger partial charge in [-0.2, -0.15) is 5.26 Å². The number of hydrogen-bond donors (Lipinski definition) is 0. The molecule has 0 spiro atoms. The molecule has 0 aliphatic heterocycles. The number of nitrogens with zero attached hydrogens (tertiary/aromatic N) is 1. The number of nitriles is 1. The van der Waals surface area contributed by atoms with Crippen LogP contribution in [0.2, 0.25) is 0 Å². The van der Waals surface area contributed by atoms with E-state index >= 15 is 0 Å². The average Bonchev–Trinajstić information content (AvgIpc) is 2.57. The van der Waals surface area contributed by atoms with Crippen LogP contribution in [-0.4, -0.2) is 0 Å².